The van der Waals surface area contributed by atoms with Gasteiger partial charge in [0.15, 0.2) is 5.65 Å². The second-order valence-corrected chi connectivity index (χ2v) is 9.75. The lowest BCUT2D eigenvalue weighted by Gasteiger charge is -2.16. The molecule has 2 aromatic rings. The number of anilines is 1. The minimum atomic E-state index is -4.64. The molecule has 0 saturated heterocycles. The number of rotatable bonds is 7. The van der Waals surface area contributed by atoms with E-state index in [0.29, 0.717) is 24.1 Å². The molecule has 2 aromatic heterocycles. The number of ether oxygens (including phenoxy) is 2. The smallest absolute Gasteiger partial charge is 0.465 e. The maximum absolute atomic E-state index is 11.0. The highest BCUT2D eigenvalue weighted by Gasteiger charge is 2.14. The number of fused-ring (bicyclic) bond motifs is 1. The number of carbonyl (C=O) groups is 2. The maximum atomic E-state index is 11.0. The Hall–Kier alpha value is -2.38. The van der Waals surface area contributed by atoms with E-state index in [0.717, 1.165) is 0 Å². The Balaban J connectivity index is 0. The van der Waals surface area contributed by atoms with Crippen LogP contribution in [0.15, 0.2) is 12.5 Å². The van der Waals surface area contributed by atoms with Gasteiger partial charge in [0, 0.05) is 26.3 Å². The number of nitrogens with two attached hydrogens (primary N) is 1. The van der Waals surface area contributed by atoms with Crippen molar-refractivity contribution < 1.29 is 76.8 Å². The van der Waals surface area contributed by atoms with Gasteiger partial charge in [0.1, 0.15) is 5.52 Å². The summed E-state index contributed by atoms with van der Waals surface area (Å²) >= 11 is 0. The summed E-state index contributed by atoms with van der Waals surface area (Å²) < 4.78 is 38.5. The molecule has 0 aliphatic heterocycles. The van der Waals surface area contributed by atoms with Crippen LogP contribution in [0.3, 0.4) is 0 Å². The Morgan fingerprint density at radius 3 is 1.63 bits per heavy atom. The minimum Gasteiger partial charge on any atom is -0.465 e. The number of esters is 2. The minimum absolute atomic E-state index is 0.112. The summed E-state index contributed by atoms with van der Waals surface area (Å²) in [7, 11) is -13.9. The summed E-state index contributed by atoms with van der Waals surface area (Å²) in [6.45, 7) is 3.62. The van der Waals surface area contributed by atoms with E-state index >= 15 is 0 Å². The van der Waals surface area contributed by atoms with E-state index < -0.39 is 23.5 Å². The van der Waals surface area contributed by atoms with E-state index in [1.807, 2.05) is 4.57 Å². The third kappa shape index (κ3) is 29.8. The standard InChI is InChI=1S/C14H19N5O4.3H3O4P/c1-9(20)22-6-11(7-23-10(2)21)3-4-19-8-17-12-5-16-14(15)18-13(12)19;3*1-5(2,3)4/h5,8,11H,3-4,6-7H2,1-2H3,(H2,15,16,18);3*(H3,1,2,3,4). The molecule has 0 radical (unpaired) electrons. The van der Waals surface area contributed by atoms with Crippen molar-refractivity contribution in [3.05, 3.63) is 12.5 Å². The average molecular weight is 615 g/mol. The summed E-state index contributed by atoms with van der Waals surface area (Å²) in [6.07, 6.45) is 3.83. The molecule has 24 heteroatoms. The van der Waals surface area contributed by atoms with E-state index in [9.17, 15) is 9.59 Å². The van der Waals surface area contributed by atoms with Gasteiger partial charge in [0.25, 0.3) is 0 Å². The number of nitrogens with zero attached hydrogens (tertiary/aromatic N) is 4. The Bertz CT molecular complexity index is 1070. The van der Waals surface area contributed by atoms with Gasteiger partial charge in [-0.2, -0.15) is 4.98 Å². The van der Waals surface area contributed by atoms with Crippen molar-refractivity contribution in [1.82, 2.24) is 19.5 Å². The number of carbonyl (C=O) groups excluding carboxylic acids is 2. The molecule has 0 aromatic carbocycles. The number of aryl methyl sites for hydroxylation is 1. The van der Waals surface area contributed by atoms with Gasteiger partial charge >= 0.3 is 35.4 Å². The SMILES string of the molecule is CC(=O)OCC(CCn1cnc2cnc(N)nc21)COC(C)=O.O=P(O)(O)O.O=P(O)(O)O.O=P(O)(O)O. The van der Waals surface area contributed by atoms with Gasteiger partial charge in [0.05, 0.1) is 25.7 Å². The fourth-order valence-corrected chi connectivity index (χ4v) is 2.04. The van der Waals surface area contributed by atoms with Crippen molar-refractivity contribution in [2.45, 2.75) is 26.8 Å². The van der Waals surface area contributed by atoms with Gasteiger partial charge in [-0.25, -0.2) is 23.7 Å². The van der Waals surface area contributed by atoms with Gasteiger partial charge in [-0.15, -0.1) is 0 Å². The number of phosphoric acid groups is 3. The monoisotopic (exact) mass is 615 g/mol. The third-order valence-electron chi connectivity index (χ3n) is 3.20. The molecule has 11 N–H and O–H groups in total. The predicted octanol–water partition coefficient (Wildman–Crippen LogP) is -2.24. The van der Waals surface area contributed by atoms with E-state index in [1.54, 1.807) is 12.5 Å². The van der Waals surface area contributed by atoms with Crippen LogP contribution < -0.4 is 5.73 Å². The van der Waals surface area contributed by atoms with Gasteiger partial charge < -0.3 is 63.8 Å². The fourth-order valence-electron chi connectivity index (χ4n) is 2.04. The fraction of sp³-hybridized carbons (Fsp3) is 0.500. The Morgan fingerprint density at radius 2 is 1.26 bits per heavy atom. The molecule has 21 nitrogen and oxygen atoms in total. The Morgan fingerprint density at radius 1 is 0.868 bits per heavy atom. The van der Waals surface area contributed by atoms with Gasteiger partial charge in [0.2, 0.25) is 5.95 Å². The van der Waals surface area contributed by atoms with Crippen molar-refractivity contribution >= 4 is 52.5 Å². The van der Waals surface area contributed by atoms with Gasteiger partial charge in [-0.1, -0.05) is 0 Å². The number of aromatic nitrogens is 4. The van der Waals surface area contributed by atoms with Crippen molar-refractivity contribution in [2.75, 3.05) is 18.9 Å². The lowest BCUT2D eigenvalue weighted by molar-refractivity contribution is -0.146. The molecule has 0 bridgehead atoms. The first-order chi connectivity index (χ1) is 17.0. The molecular formula is C14H28N5O16P3. The number of hydrogen-bond donors (Lipinski definition) is 10. The third-order valence-corrected chi connectivity index (χ3v) is 3.20. The summed E-state index contributed by atoms with van der Waals surface area (Å²) in [5.41, 5.74) is 6.88. The zero-order valence-electron chi connectivity index (χ0n) is 19.7. The normalized spacial score (nSPS) is 11.3. The van der Waals surface area contributed by atoms with Crippen LogP contribution in [0.5, 0.6) is 0 Å². The molecule has 2 heterocycles. The lowest BCUT2D eigenvalue weighted by atomic mass is 10.1. The molecule has 0 fully saturated rings. The first-order valence-electron chi connectivity index (χ1n) is 9.50. The molecule has 0 spiro atoms. The second kappa shape index (κ2) is 17.3. The quantitative estimate of drug-likeness (QED) is 0.116. The second-order valence-electron chi connectivity index (χ2n) is 6.67. The summed E-state index contributed by atoms with van der Waals surface area (Å²) in [5, 5.41) is 0. The van der Waals surface area contributed by atoms with E-state index in [-0.39, 0.29) is 37.0 Å². The van der Waals surface area contributed by atoms with Crippen molar-refractivity contribution in [2.24, 2.45) is 5.92 Å². The topological polar surface area (TPSA) is 356 Å². The predicted molar refractivity (Wildman–Crippen MR) is 124 cm³/mol. The molecule has 0 atom stereocenters. The largest absolute Gasteiger partial charge is 0.466 e. The zero-order valence-corrected chi connectivity index (χ0v) is 22.3. The van der Waals surface area contributed by atoms with Crippen LogP contribution >= 0.6 is 23.5 Å². The first-order valence-corrected chi connectivity index (χ1v) is 14.2. The molecular weight excluding hydrogens is 587 g/mol. The van der Waals surface area contributed by atoms with E-state index in [4.69, 9.17) is 72.9 Å². The highest BCUT2D eigenvalue weighted by atomic mass is 31.2. The van der Waals surface area contributed by atoms with Crippen LogP contribution in [0.2, 0.25) is 0 Å². The molecule has 0 aliphatic rings. The Labute approximate surface area is 213 Å². The highest BCUT2D eigenvalue weighted by molar-refractivity contribution is 7.45. The molecule has 38 heavy (non-hydrogen) atoms. The summed E-state index contributed by atoms with van der Waals surface area (Å²) in [5.74, 6) is -0.673. The van der Waals surface area contributed by atoms with Gasteiger partial charge in [-0.3, -0.25) is 9.59 Å². The van der Waals surface area contributed by atoms with Crippen LogP contribution in [-0.2, 0) is 39.3 Å². The molecule has 2 rings (SSSR count). The average Bonchev–Trinajstić information content (AvgIpc) is 3.05. The molecule has 0 amide bonds. The number of imidazole rings is 1. The van der Waals surface area contributed by atoms with E-state index in [1.165, 1.54) is 13.8 Å². The summed E-state index contributed by atoms with van der Waals surface area (Å²) in [4.78, 5) is 98.8. The van der Waals surface area contributed by atoms with Crippen molar-refractivity contribution in [3.8, 4) is 0 Å². The van der Waals surface area contributed by atoms with Crippen LogP contribution in [-0.4, -0.2) is 88.7 Å². The molecule has 0 aliphatic carbocycles. The lowest BCUT2D eigenvalue weighted by Crippen LogP contribution is -2.21. The van der Waals surface area contributed by atoms with Crippen LogP contribution in [0.4, 0.5) is 5.95 Å². The molecule has 0 saturated carbocycles. The van der Waals surface area contributed by atoms with Crippen molar-refractivity contribution in [1.29, 1.82) is 0 Å². The van der Waals surface area contributed by atoms with Crippen LogP contribution in [0.25, 0.3) is 11.2 Å². The van der Waals surface area contributed by atoms with Crippen LogP contribution in [0, 0.1) is 5.92 Å². The van der Waals surface area contributed by atoms with Crippen LogP contribution in [0.1, 0.15) is 20.3 Å². The number of hydrogen-bond acceptors (Lipinski definition) is 11. The Kier molecular flexibility index (Phi) is 17.2. The van der Waals surface area contributed by atoms with Crippen molar-refractivity contribution in [3.63, 3.8) is 0 Å². The molecule has 0 unspecified atom stereocenters. The highest BCUT2D eigenvalue weighted by Crippen LogP contribution is 2.26. The number of nitrogen functional groups attached to an aromatic ring is 1. The van der Waals surface area contributed by atoms with E-state index in [2.05, 4.69) is 15.0 Å². The van der Waals surface area contributed by atoms with Gasteiger partial charge in [-0.05, 0) is 6.42 Å². The summed E-state index contributed by atoms with van der Waals surface area (Å²) in [6, 6.07) is 0. The maximum Gasteiger partial charge on any atom is 0.466 e. The molecule has 220 valence electrons. The first kappa shape index (κ1) is 37.8. The zero-order chi connectivity index (χ0) is 30.3.